The average Bonchev–Trinajstić information content (AvgIpc) is 2.46. The first-order chi connectivity index (χ1) is 9.36. The normalized spacial score (nSPS) is 11.1. The van der Waals surface area contributed by atoms with Gasteiger partial charge in [-0.05, 0) is 47.6 Å². The molecule has 0 radical (unpaired) electrons. The largest absolute Gasteiger partial charge is 0.0654 e. The molecule has 0 aliphatic heterocycles. The molecular weight excluding hydrogens is 228 g/mol. The van der Waals surface area contributed by atoms with E-state index < -0.39 is 0 Å². The lowest BCUT2D eigenvalue weighted by atomic mass is 9.92. The van der Waals surface area contributed by atoms with E-state index in [1.54, 1.807) is 11.1 Å². The Morgan fingerprint density at radius 1 is 0.737 bits per heavy atom. The molecule has 2 aromatic carbocycles. The molecule has 2 aromatic rings. The fraction of sp³-hybridized carbons (Fsp3) is 0.474. The van der Waals surface area contributed by atoms with Gasteiger partial charge in [0.05, 0.1) is 0 Å². The number of benzene rings is 2. The van der Waals surface area contributed by atoms with E-state index in [1.807, 2.05) is 0 Å². The second kappa shape index (κ2) is 7.33. The van der Waals surface area contributed by atoms with Gasteiger partial charge in [-0.3, -0.25) is 0 Å². The van der Waals surface area contributed by atoms with Crippen molar-refractivity contribution in [1.82, 2.24) is 0 Å². The SMILES string of the molecule is CCCCCc1c(CCCC)ccc2ccccc12. The van der Waals surface area contributed by atoms with Gasteiger partial charge in [0.2, 0.25) is 0 Å². The minimum absolute atomic E-state index is 1.24. The number of hydrogen-bond donors (Lipinski definition) is 0. The smallest absolute Gasteiger partial charge is 0.0149 e. The van der Waals surface area contributed by atoms with Gasteiger partial charge in [0.25, 0.3) is 0 Å². The molecule has 0 nitrogen and oxygen atoms in total. The quantitative estimate of drug-likeness (QED) is 0.538. The van der Waals surface area contributed by atoms with Crippen LogP contribution in [-0.4, -0.2) is 0 Å². The van der Waals surface area contributed by atoms with Crippen molar-refractivity contribution in [2.45, 2.75) is 58.8 Å². The van der Waals surface area contributed by atoms with Crippen LogP contribution in [0.15, 0.2) is 36.4 Å². The van der Waals surface area contributed by atoms with E-state index in [2.05, 4.69) is 50.2 Å². The van der Waals surface area contributed by atoms with Crippen LogP contribution in [-0.2, 0) is 12.8 Å². The fourth-order valence-electron chi connectivity index (χ4n) is 2.83. The Kier molecular flexibility index (Phi) is 5.44. The minimum Gasteiger partial charge on any atom is -0.0654 e. The van der Waals surface area contributed by atoms with Crippen molar-refractivity contribution in [1.29, 1.82) is 0 Å². The number of unbranched alkanes of at least 4 members (excludes halogenated alkanes) is 3. The van der Waals surface area contributed by atoms with E-state index in [9.17, 15) is 0 Å². The molecule has 0 saturated carbocycles. The van der Waals surface area contributed by atoms with Crippen LogP contribution >= 0.6 is 0 Å². The lowest BCUT2D eigenvalue weighted by Gasteiger charge is -2.13. The Labute approximate surface area is 117 Å². The van der Waals surface area contributed by atoms with Gasteiger partial charge < -0.3 is 0 Å². The van der Waals surface area contributed by atoms with Gasteiger partial charge in [0.1, 0.15) is 0 Å². The Morgan fingerprint density at radius 2 is 1.53 bits per heavy atom. The Hall–Kier alpha value is -1.30. The third kappa shape index (κ3) is 3.59. The van der Waals surface area contributed by atoms with Crippen LogP contribution in [0.3, 0.4) is 0 Å². The molecule has 0 aliphatic rings. The highest BCUT2D eigenvalue weighted by Crippen LogP contribution is 2.25. The van der Waals surface area contributed by atoms with Gasteiger partial charge in [0, 0.05) is 0 Å². The predicted molar refractivity (Wildman–Crippen MR) is 85.8 cm³/mol. The summed E-state index contributed by atoms with van der Waals surface area (Å²) in [6, 6.07) is 13.5. The lowest BCUT2D eigenvalue weighted by Crippen LogP contribution is -1.97. The maximum atomic E-state index is 2.36. The molecule has 0 heteroatoms. The van der Waals surface area contributed by atoms with E-state index >= 15 is 0 Å². The highest BCUT2D eigenvalue weighted by molar-refractivity contribution is 5.86. The first-order valence-corrected chi connectivity index (χ1v) is 7.86. The van der Waals surface area contributed by atoms with Crippen LogP contribution in [0.2, 0.25) is 0 Å². The number of rotatable bonds is 7. The van der Waals surface area contributed by atoms with Crippen LogP contribution in [0, 0.1) is 0 Å². The summed E-state index contributed by atoms with van der Waals surface area (Å²) in [6.45, 7) is 4.55. The van der Waals surface area contributed by atoms with Crippen molar-refractivity contribution in [3.8, 4) is 0 Å². The Balaban J connectivity index is 2.33. The molecule has 0 aliphatic carbocycles. The monoisotopic (exact) mass is 254 g/mol. The molecule has 2 rings (SSSR count). The van der Waals surface area contributed by atoms with Crippen LogP contribution in [0.1, 0.15) is 57.1 Å². The van der Waals surface area contributed by atoms with Gasteiger partial charge in [-0.25, -0.2) is 0 Å². The molecular formula is C19H26. The van der Waals surface area contributed by atoms with Crippen molar-refractivity contribution in [2.75, 3.05) is 0 Å². The minimum atomic E-state index is 1.24. The van der Waals surface area contributed by atoms with Crippen molar-refractivity contribution >= 4 is 10.8 Å². The van der Waals surface area contributed by atoms with Gasteiger partial charge >= 0.3 is 0 Å². The number of fused-ring (bicyclic) bond motifs is 1. The molecule has 0 fully saturated rings. The summed E-state index contributed by atoms with van der Waals surface area (Å²) in [5, 5.41) is 2.88. The zero-order valence-electron chi connectivity index (χ0n) is 12.4. The molecule has 0 atom stereocenters. The summed E-state index contributed by atoms with van der Waals surface area (Å²) in [6.07, 6.45) is 9.03. The highest BCUT2D eigenvalue weighted by atomic mass is 14.1. The molecule has 0 heterocycles. The third-order valence-electron chi connectivity index (χ3n) is 3.97. The first kappa shape index (κ1) is 14.1. The number of aryl methyl sites for hydroxylation is 2. The molecule has 0 bridgehead atoms. The zero-order chi connectivity index (χ0) is 13.5. The van der Waals surface area contributed by atoms with Crippen LogP contribution < -0.4 is 0 Å². The number of hydrogen-bond acceptors (Lipinski definition) is 0. The van der Waals surface area contributed by atoms with Crippen molar-refractivity contribution in [2.24, 2.45) is 0 Å². The lowest BCUT2D eigenvalue weighted by molar-refractivity contribution is 0.710. The van der Waals surface area contributed by atoms with Gasteiger partial charge in [-0.15, -0.1) is 0 Å². The molecule has 19 heavy (non-hydrogen) atoms. The molecule has 0 aromatic heterocycles. The molecule has 0 unspecified atom stereocenters. The Morgan fingerprint density at radius 3 is 2.32 bits per heavy atom. The van der Waals surface area contributed by atoms with Gasteiger partial charge in [-0.1, -0.05) is 69.5 Å². The second-order valence-corrected chi connectivity index (χ2v) is 5.49. The second-order valence-electron chi connectivity index (χ2n) is 5.49. The Bertz CT molecular complexity index is 510. The van der Waals surface area contributed by atoms with Crippen molar-refractivity contribution in [3.05, 3.63) is 47.5 Å². The van der Waals surface area contributed by atoms with E-state index in [1.165, 1.54) is 55.7 Å². The van der Waals surface area contributed by atoms with E-state index in [0.29, 0.717) is 0 Å². The predicted octanol–water partition coefficient (Wildman–Crippen LogP) is 5.92. The van der Waals surface area contributed by atoms with E-state index in [-0.39, 0.29) is 0 Å². The fourth-order valence-corrected chi connectivity index (χ4v) is 2.83. The topological polar surface area (TPSA) is 0 Å². The van der Waals surface area contributed by atoms with E-state index in [0.717, 1.165) is 0 Å². The van der Waals surface area contributed by atoms with Crippen LogP contribution in [0.4, 0.5) is 0 Å². The highest BCUT2D eigenvalue weighted by Gasteiger charge is 2.07. The maximum absolute atomic E-state index is 2.36. The summed E-state index contributed by atoms with van der Waals surface area (Å²) in [7, 11) is 0. The first-order valence-electron chi connectivity index (χ1n) is 7.86. The standard InChI is InChI=1S/C19H26/c1-3-5-7-12-18-16(10-6-4-2)14-15-17-11-8-9-13-19(17)18/h8-9,11,13-15H,3-7,10,12H2,1-2H3. The molecule has 0 amide bonds. The maximum Gasteiger partial charge on any atom is -0.0149 e. The van der Waals surface area contributed by atoms with Gasteiger partial charge in [-0.2, -0.15) is 0 Å². The molecule has 102 valence electrons. The molecule has 0 spiro atoms. The zero-order valence-corrected chi connectivity index (χ0v) is 12.4. The summed E-state index contributed by atoms with van der Waals surface area (Å²) < 4.78 is 0. The average molecular weight is 254 g/mol. The molecule has 0 saturated heterocycles. The van der Waals surface area contributed by atoms with Crippen molar-refractivity contribution < 1.29 is 0 Å². The van der Waals surface area contributed by atoms with Gasteiger partial charge in [0.15, 0.2) is 0 Å². The molecule has 0 N–H and O–H groups in total. The van der Waals surface area contributed by atoms with E-state index in [4.69, 9.17) is 0 Å². The summed E-state index contributed by atoms with van der Waals surface area (Å²) in [4.78, 5) is 0. The van der Waals surface area contributed by atoms with Crippen molar-refractivity contribution in [3.63, 3.8) is 0 Å². The van der Waals surface area contributed by atoms with Crippen LogP contribution in [0.25, 0.3) is 10.8 Å². The van der Waals surface area contributed by atoms with Crippen LogP contribution in [0.5, 0.6) is 0 Å². The summed E-state index contributed by atoms with van der Waals surface area (Å²) in [5.41, 5.74) is 3.19. The summed E-state index contributed by atoms with van der Waals surface area (Å²) >= 11 is 0. The third-order valence-corrected chi connectivity index (χ3v) is 3.97. The summed E-state index contributed by atoms with van der Waals surface area (Å²) in [5.74, 6) is 0.